The van der Waals surface area contributed by atoms with E-state index in [1.807, 2.05) is 50.7 Å². The molecule has 0 aliphatic rings. The maximum atomic E-state index is 12.5. The molecule has 134 valence electrons. The minimum Gasteiger partial charge on any atom is -0.373 e. The monoisotopic (exact) mass is 367 g/mol. The number of hydrogen-bond donors (Lipinski definition) is 2. The van der Waals surface area contributed by atoms with Crippen LogP contribution in [0.2, 0.25) is 0 Å². The highest BCUT2D eigenvalue weighted by atomic mass is 32.1. The van der Waals surface area contributed by atoms with Crippen molar-refractivity contribution in [3.8, 4) is 11.4 Å². The van der Waals surface area contributed by atoms with Crippen LogP contribution in [0.1, 0.15) is 26.6 Å². The Bertz CT molecular complexity index is 922. The van der Waals surface area contributed by atoms with Crippen LogP contribution in [0, 0.1) is 13.8 Å². The molecule has 0 fully saturated rings. The van der Waals surface area contributed by atoms with Gasteiger partial charge in [-0.2, -0.15) is 0 Å². The highest BCUT2D eigenvalue weighted by molar-refractivity contribution is 7.09. The van der Waals surface area contributed by atoms with Gasteiger partial charge in [-0.25, -0.2) is 15.0 Å². The summed E-state index contributed by atoms with van der Waals surface area (Å²) in [6.45, 7) is 4.49. The second kappa shape index (κ2) is 8.05. The van der Waals surface area contributed by atoms with Crippen LogP contribution in [0.5, 0.6) is 0 Å². The molecule has 1 aromatic carbocycles. The zero-order valence-corrected chi connectivity index (χ0v) is 15.9. The SMILES string of the molecule is CNc1cc(C)nc(-c2cccc(C(=O)NCCc3scnc3C)c2)n1. The summed E-state index contributed by atoms with van der Waals surface area (Å²) in [7, 11) is 1.82. The van der Waals surface area contributed by atoms with E-state index in [0.717, 1.165) is 29.2 Å². The molecule has 2 aromatic heterocycles. The normalized spacial score (nSPS) is 10.6. The number of aryl methyl sites for hydroxylation is 2. The summed E-state index contributed by atoms with van der Waals surface area (Å²) >= 11 is 1.62. The summed E-state index contributed by atoms with van der Waals surface area (Å²) in [5.74, 6) is 1.25. The van der Waals surface area contributed by atoms with Crippen molar-refractivity contribution in [3.05, 3.63) is 57.7 Å². The molecule has 0 saturated carbocycles. The molecule has 0 unspecified atom stereocenters. The number of rotatable bonds is 6. The Morgan fingerprint density at radius 1 is 1.19 bits per heavy atom. The fraction of sp³-hybridized carbons (Fsp3) is 0.263. The van der Waals surface area contributed by atoms with Gasteiger partial charge >= 0.3 is 0 Å². The number of nitrogens with one attached hydrogen (secondary N) is 2. The van der Waals surface area contributed by atoms with Crippen molar-refractivity contribution in [2.45, 2.75) is 20.3 Å². The first kappa shape index (κ1) is 18.0. The van der Waals surface area contributed by atoms with E-state index in [9.17, 15) is 4.79 Å². The second-order valence-corrected chi connectivity index (χ2v) is 6.86. The summed E-state index contributed by atoms with van der Waals surface area (Å²) in [5, 5.41) is 5.99. The second-order valence-electron chi connectivity index (χ2n) is 5.92. The molecule has 0 radical (unpaired) electrons. The number of anilines is 1. The summed E-state index contributed by atoms with van der Waals surface area (Å²) in [6.07, 6.45) is 0.786. The number of thiazole rings is 1. The fourth-order valence-electron chi connectivity index (χ4n) is 2.58. The maximum absolute atomic E-state index is 12.5. The summed E-state index contributed by atoms with van der Waals surface area (Å²) in [5.41, 5.74) is 5.14. The minimum absolute atomic E-state index is 0.101. The van der Waals surface area contributed by atoms with Crippen molar-refractivity contribution in [2.24, 2.45) is 0 Å². The van der Waals surface area contributed by atoms with Crippen LogP contribution in [0.25, 0.3) is 11.4 Å². The van der Waals surface area contributed by atoms with Crippen molar-refractivity contribution in [3.63, 3.8) is 0 Å². The molecule has 0 spiro atoms. The Balaban J connectivity index is 1.71. The molecule has 7 heteroatoms. The van der Waals surface area contributed by atoms with E-state index in [2.05, 4.69) is 25.6 Å². The molecule has 2 N–H and O–H groups in total. The molecule has 0 aliphatic carbocycles. The molecule has 3 aromatic rings. The number of benzene rings is 1. The summed E-state index contributed by atoms with van der Waals surface area (Å²) < 4.78 is 0. The predicted molar refractivity (Wildman–Crippen MR) is 105 cm³/mol. The lowest BCUT2D eigenvalue weighted by Gasteiger charge is -2.08. The third-order valence-corrected chi connectivity index (χ3v) is 4.97. The molecule has 3 rings (SSSR count). The van der Waals surface area contributed by atoms with E-state index in [0.29, 0.717) is 17.9 Å². The summed E-state index contributed by atoms with van der Waals surface area (Å²) in [6, 6.07) is 9.25. The Morgan fingerprint density at radius 2 is 2.04 bits per heavy atom. The number of nitrogens with zero attached hydrogens (tertiary/aromatic N) is 3. The lowest BCUT2D eigenvalue weighted by Crippen LogP contribution is -2.25. The number of carbonyl (C=O) groups excluding carboxylic acids is 1. The van der Waals surface area contributed by atoms with Crippen LogP contribution in [0.4, 0.5) is 5.82 Å². The van der Waals surface area contributed by atoms with E-state index in [1.165, 1.54) is 4.88 Å². The Labute approximate surface area is 156 Å². The van der Waals surface area contributed by atoms with Crippen LogP contribution < -0.4 is 10.6 Å². The number of amides is 1. The first-order chi connectivity index (χ1) is 12.6. The van der Waals surface area contributed by atoms with Gasteiger partial charge in [-0.1, -0.05) is 12.1 Å². The van der Waals surface area contributed by atoms with Gasteiger partial charge in [0.25, 0.3) is 5.91 Å². The molecule has 0 aliphatic heterocycles. The van der Waals surface area contributed by atoms with Gasteiger partial charge in [-0.3, -0.25) is 4.79 Å². The van der Waals surface area contributed by atoms with Crippen molar-refractivity contribution >= 4 is 23.1 Å². The number of carbonyl (C=O) groups is 1. The van der Waals surface area contributed by atoms with Crippen molar-refractivity contribution in [2.75, 3.05) is 18.9 Å². The lowest BCUT2D eigenvalue weighted by atomic mass is 10.1. The highest BCUT2D eigenvalue weighted by Gasteiger charge is 2.10. The highest BCUT2D eigenvalue weighted by Crippen LogP contribution is 2.19. The van der Waals surface area contributed by atoms with Gasteiger partial charge in [-0.15, -0.1) is 11.3 Å². The molecular formula is C19H21N5OS. The zero-order chi connectivity index (χ0) is 18.5. The molecule has 0 bridgehead atoms. The van der Waals surface area contributed by atoms with Gasteiger partial charge < -0.3 is 10.6 Å². The molecule has 2 heterocycles. The zero-order valence-electron chi connectivity index (χ0n) is 15.0. The standard InChI is InChI=1S/C19H21N5OS/c1-12-9-17(20-3)24-18(23-12)14-5-4-6-15(10-14)19(25)21-8-7-16-13(2)22-11-26-16/h4-6,9-11H,7-8H2,1-3H3,(H,21,25)(H,20,23,24). The largest absolute Gasteiger partial charge is 0.373 e. The lowest BCUT2D eigenvalue weighted by molar-refractivity contribution is 0.0954. The Kier molecular flexibility index (Phi) is 5.58. The van der Waals surface area contributed by atoms with Gasteiger partial charge in [0.05, 0.1) is 11.2 Å². The topological polar surface area (TPSA) is 79.8 Å². The van der Waals surface area contributed by atoms with Gasteiger partial charge in [0.15, 0.2) is 5.82 Å². The van der Waals surface area contributed by atoms with Gasteiger partial charge in [0.1, 0.15) is 5.82 Å². The first-order valence-corrected chi connectivity index (χ1v) is 9.26. The third-order valence-electron chi connectivity index (χ3n) is 3.98. The molecular weight excluding hydrogens is 346 g/mol. The Hall–Kier alpha value is -2.80. The van der Waals surface area contributed by atoms with Crippen LogP contribution >= 0.6 is 11.3 Å². The molecule has 0 atom stereocenters. The minimum atomic E-state index is -0.101. The molecule has 26 heavy (non-hydrogen) atoms. The van der Waals surface area contributed by atoms with Crippen molar-refractivity contribution in [1.29, 1.82) is 0 Å². The fourth-order valence-corrected chi connectivity index (χ4v) is 3.36. The van der Waals surface area contributed by atoms with Gasteiger partial charge in [0, 0.05) is 47.8 Å². The van der Waals surface area contributed by atoms with E-state index >= 15 is 0 Å². The maximum Gasteiger partial charge on any atom is 0.251 e. The van der Waals surface area contributed by atoms with E-state index in [-0.39, 0.29) is 5.91 Å². The Morgan fingerprint density at radius 3 is 2.77 bits per heavy atom. The first-order valence-electron chi connectivity index (χ1n) is 8.38. The van der Waals surface area contributed by atoms with Gasteiger partial charge in [-0.05, 0) is 26.0 Å². The van der Waals surface area contributed by atoms with E-state index in [4.69, 9.17) is 0 Å². The third kappa shape index (κ3) is 4.23. The van der Waals surface area contributed by atoms with Gasteiger partial charge in [0.2, 0.25) is 0 Å². The van der Waals surface area contributed by atoms with Crippen LogP contribution in [0.3, 0.4) is 0 Å². The van der Waals surface area contributed by atoms with Crippen molar-refractivity contribution in [1.82, 2.24) is 20.3 Å². The van der Waals surface area contributed by atoms with Crippen molar-refractivity contribution < 1.29 is 4.79 Å². The molecule has 0 saturated heterocycles. The number of hydrogen-bond acceptors (Lipinski definition) is 6. The van der Waals surface area contributed by atoms with E-state index < -0.39 is 0 Å². The average Bonchev–Trinajstić information content (AvgIpc) is 3.06. The average molecular weight is 367 g/mol. The molecule has 6 nitrogen and oxygen atoms in total. The van der Waals surface area contributed by atoms with Crippen LogP contribution in [-0.2, 0) is 6.42 Å². The predicted octanol–water partition coefficient (Wildman–Crippen LogP) is 3.23. The van der Waals surface area contributed by atoms with E-state index in [1.54, 1.807) is 17.4 Å². The quantitative estimate of drug-likeness (QED) is 0.699. The van der Waals surface area contributed by atoms with Crippen LogP contribution in [0.15, 0.2) is 35.8 Å². The number of aromatic nitrogens is 3. The summed E-state index contributed by atoms with van der Waals surface area (Å²) in [4.78, 5) is 26.8. The smallest absolute Gasteiger partial charge is 0.251 e. The van der Waals surface area contributed by atoms with Crippen LogP contribution in [-0.4, -0.2) is 34.5 Å². The molecule has 1 amide bonds.